The van der Waals surface area contributed by atoms with E-state index in [4.69, 9.17) is 16.9 Å². The van der Waals surface area contributed by atoms with Crippen molar-refractivity contribution >= 4 is 17.3 Å². The number of hydrogen-bond acceptors (Lipinski definition) is 4. The second-order valence-corrected chi connectivity index (χ2v) is 4.88. The maximum absolute atomic E-state index is 10.9. The van der Waals surface area contributed by atoms with E-state index in [1.807, 2.05) is 6.07 Å². The third-order valence-corrected chi connectivity index (χ3v) is 3.17. The van der Waals surface area contributed by atoms with Gasteiger partial charge in [0.2, 0.25) is 0 Å². The maximum Gasteiger partial charge on any atom is 0.273 e. The lowest BCUT2D eigenvalue weighted by Crippen LogP contribution is -2.14. The first-order chi connectivity index (χ1) is 10.1. The monoisotopic (exact) mass is 301 g/mol. The lowest BCUT2D eigenvalue weighted by Gasteiger charge is -2.06. The van der Waals surface area contributed by atoms with Crippen molar-refractivity contribution in [3.63, 3.8) is 0 Å². The van der Waals surface area contributed by atoms with Crippen LogP contribution in [0.4, 0.5) is 5.69 Å². The molecule has 0 saturated carbocycles. The molecule has 5 nitrogen and oxygen atoms in total. The Labute approximate surface area is 126 Å². The number of nitrogens with zero attached hydrogens (tertiary/aromatic N) is 2. The third kappa shape index (κ3) is 4.02. The second kappa shape index (κ2) is 6.84. The van der Waals surface area contributed by atoms with Crippen molar-refractivity contribution < 1.29 is 4.92 Å². The van der Waals surface area contributed by atoms with Crippen LogP contribution in [-0.2, 0) is 13.1 Å². The molecule has 0 aliphatic heterocycles. The number of halogens is 1. The standard InChI is InChI=1S/C15H12ClN3O2/c16-14-4-5-15(19(20)21)13(7-14)10-18-9-12-3-1-2-11(6-12)8-17/h1-7,18H,9-10H2. The molecule has 0 fully saturated rings. The molecule has 0 atom stereocenters. The number of nitro groups is 1. The summed E-state index contributed by atoms with van der Waals surface area (Å²) >= 11 is 5.87. The first-order valence-electron chi connectivity index (χ1n) is 6.22. The topological polar surface area (TPSA) is 79.0 Å². The highest BCUT2D eigenvalue weighted by atomic mass is 35.5. The predicted molar refractivity (Wildman–Crippen MR) is 79.8 cm³/mol. The van der Waals surface area contributed by atoms with Gasteiger partial charge in [-0.2, -0.15) is 5.26 Å². The Morgan fingerprint density at radius 1 is 1.24 bits per heavy atom. The average Bonchev–Trinajstić information content (AvgIpc) is 2.47. The van der Waals surface area contributed by atoms with Crippen molar-refractivity contribution in [2.75, 3.05) is 0 Å². The van der Waals surface area contributed by atoms with Crippen molar-refractivity contribution in [3.8, 4) is 6.07 Å². The predicted octanol–water partition coefficient (Wildman–Crippen LogP) is 3.41. The van der Waals surface area contributed by atoms with Crippen LogP contribution in [0, 0.1) is 21.4 Å². The molecule has 6 heteroatoms. The van der Waals surface area contributed by atoms with E-state index in [0.29, 0.717) is 29.2 Å². The largest absolute Gasteiger partial charge is 0.308 e. The highest BCUT2D eigenvalue weighted by Crippen LogP contribution is 2.22. The maximum atomic E-state index is 10.9. The number of nitrogens with one attached hydrogen (secondary N) is 1. The first-order valence-corrected chi connectivity index (χ1v) is 6.60. The molecule has 0 saturated heterocycles. The zero-order valence-corrected chi connectivity index (χ0v) is 11.8. The summed E-state index contributed by atoms with van der Waals surface area (Å²) in [6, 6.07) is 13.7. The van der Waals surface area contributed by atoms with Gasteiger partial charge >= 0.3 is 0 Å². The average molecular weight is 302 g/mol. The highest BCUT2D eigenvalue weighted by Gasteiger charge is 2.13. The number of hydrogen-bond donors (Lipinski definition) is 1. The molecule has 0 radical (unpaired) electrons. The van der Waals surface area contributed by atoms with Crippen LogP contribution >= 0.6 is 11.6 Å². The van der Waals surface area contributed by atoms with E-state index >= 15 is 0 Å². The normalized spacial score (nSPS) is 10.1. The molecule has 0 aliphatic rings. The van der Waals surface area contributed by atoms with E-state index < -0.39 is 4.92 Å². The summed E-state index contributed by atoms with van der Waals surface area (Å²) in [5.74, 6) is 0. The number of rotatable bonds is 5. The molecule has 0 amide bonds. The van der Waals surface area contributed by atoms with Crippen molar-refractivity contribution in [3.05, 3.63) is 74.3 Å². The van der Waals surface area contributed by atoms with Crippen LogP contribution in [0.5, 0.6) is 0 Å². The van der Waals surface area contributed by atoms with Crippen LogP contribution in [-0.4, -0.2) is 4.92 Å². The van der Waals surface area contributed by atoms with Gasteiger partial charge in [-0.1, -0.05) is 23.7 Å². The van der Waals surface area contributed by atoms with E-state index in [-0.39, 0.29) is 5.69 Å². The summed E-state index contributed by atoms with van der Waals surface area (Å²) in [7, 11) is 0. The summed E-state index contributed by atoms with van der Waals surface area (Å²) in [5, 5.41) is 23.4. The molecule has 0 heterocycles. The Bertz CT molecular complexity index is 710. The van der Waals surface area contributed by atoms with Crippen LogP contribution in [0.2, 0.25) is 5.02 Å². The molecule has 2 aromatic rings. The fourth-order valence-electron chi connectivity index (χ4n) is 1.97. The van der Waals surface area contributed by atoms with Gasteiger partial charge in [0.05, 0.1) is 16.6 Å². The molecule has 106 valence electrons. The van der Waals surface area contributed by atoms with Gasteiger partial charge in [0.1, 0.15) is 0 Å². The van der Waals surface area contributed by atoms with E-state index in [1.54, 1.807) is 24.3 Å². The lowest BCUT2D eigenvalue weighted by atomic mass is 10.1. The van der Waals surface area contributed by atoms with Crippen LogP contribution in [0.3, 0.4) is 0 Å². The van der Waals surface area contributed by atoms with Gasteiger partial charge in [-0.15, -0.1) is 0 Å². The van der Waals surface area contributed by atoms with Crippen molar-refractivity contribution in [2.24, 2.45) is 0 Å². The fourth-order valence-corrected chi connectivity index (χ4v) is 2.16. The Balaban J connectivity index is 2.05. The summed E-state index contributed by atoms with van der Waals surface area (Å²) in [6.07, 6.45) is 0. The zero-order valence-electron chi connectivity index (χ0n) is 11.0. The van der Waals surface area contributed by atoms with E-state index in [2.05, 4.69) is 11.4 Å². The minimum Gasteiger partial charge on any atom is -0.308 e. The van der Waals surface area contributed by atoms with Gasteiger partial charge in [-0.05, 0) is 29.8 Å². The van der Waals surface area contributed by atoms with Crippen molar-refractivity contribution in [1.29, 1.82) is 5.26 Å². The van der Waals surface area contributed by atoms with Gasteiger partial charge < -0.3 is 5.32 Å². The second-order valence-electron chi connectivity index (χ2n) is 4.45. The van der Waals surface area contributed by atoms with Gasteiger partial charge in [0, 0.05) is 29.7 Å². The molecular formula is C15H12ClN3O2. The Kier molecular flexibility index (Phi) is 4.88. The highest BCUT2D eigenvalue weighted by molar-refractivity contribution is 6.30. The molecule has 21 heavy (non-hydrogen) atoms. The molecule has 2 rings (SSSR count). The zero-order chi connectivity index (χ0) is 15.2. The SMILES string of the molecule is N#Cc1cccc(CNCc2cc(Cl)ccc2[N+](=O)[O-])c1. The molecule has 1 N–H and O–H groups in total. The molecular weight excluding hydrogens is 290 g/mol. The molecule has 0 spiro atoms. The van der Waals surface area contributed by atoms with Crippen LogP contribution < -0.4 is 5.32 Å². The number of benzene rings is 2. The first kappa shape index (κ1) is 15.0. The van der Waals surface area contributed by atoms with Gasteiger partial charge in [0.25, 0.3) is 5.69 Å². The van der Waals surface area contributed by atoms with E-state index in [0.717, 1.165) is 5.56 Å². The van der Waals surface area contributed by atoms with Crippen LogP contribution in [0.1, 0.15) is 16.7 Å². The van der Waals surface area contributed by atoms with Crippen molar-refractivity contribution in [1.82, 2.24) is 5.32 Å². The molecule has 0 aliphatic carbocycles. The van der Waals surface area contributed by atoms with Crippen LogP contribution in [0.15, 0.2) is 42.5 Å². The number of nitriles is 1. The minimum atomic E-state index is -0.427. The summed E-state index contributed by atoms with van der Waals surface area (Å²) in [4.78, 5) is 10.5. The molecule has 0 aromatic heterocycles. The third-order valence-electron chi connectivity index (χ3n) is 2.94. The van der Waals surface area contributed by atoms with E-state index in [9.17, 15) is 10.1 Å². The lowest BCUT2D eigenvalue weighted by molar-refractivity contribution is -0.385. The molecule has 2 aromatic carbocycles. The molecule has 0 bridgehead atoms. The van der Waals surface area contributed by atoms with Gasteiger partial charge in [-0.3, -0.25) is 10.1 Å². The quantitative estimate of drug-likeness (QED) is 0.678. The Morgan fingerprint density at radius 3 is 2.76 bits per heavy atom. The summed E-state index contributed by atoms with van der Waals surface area (Å²) in [6.45, 7) is 0.840. The van der Waals surface area contributed by atoms with Crippen molar-refractivity contribution in [2.45, 2.75) is 13.1 Å². The smallest absolute Gasteiger partial charge is 0.273 e. The Hall–Kier alpha value is -2.42. The Morgan fingerprint density at radius 2 is 2.05 bits per heavy atom. The van der Waals surface area contributed by atoms with E-state index in [1.165, 1.54) is 12.1 Å². The summed E-state index contributed by atoms with van der Waals surface area (Å²) < 4.78 is 0. The van der Waals surface area contributed by atoms with Crippen LogP contribution in [0.25, 0.3) is 0 Å². The van der Waals surface area contributed by atoms with Gasteiger partial charge in [-0.25, -0.2) is 0 Å². The fraction of sp³-hybridized carbons (Fsp3) is 0.133. The summed E-state index contributed by atoms with van der Waals surface area (Å²) in [5.41, 5.74) is 2.10. The minimum absolute atomic E-state index is 0.0395. The molecule has 0 unspecified atom stereocenters. The van der Waals surface area contributed by atoms with Gasteiger partial charge in [0.15, 0.2) is 0 Å². The number of nitro benzene ring substituents is 1.